The Morgan fingerprint density at radius 2 is 1.74 bits per heavy atom. The number of esters is 1. The molecule has 19 heavy (non-hydrogen) atoms. The fourth-order valence-electron chi connectivity index (χ4n) is 1.19. The number of ether oxygens (including phenoxy) is 2. The van der Waals surface area contributed by atoms with Crippen LogP contribution in [0.25, 0.3) is 0 Å². The molecule has 0 atom stereocenters. The van der Waals surface area contributed by atoms with E-state index in [9.17, 15) is 22.4 Å². The summed E-state index contributed by atoms with van der Waals surface area (Å²) in [5, 5.41) is 0. The maximum atomic E-state index is 13.5. The molecule has 0 amide bonds. The van der Waals surface area contributed by atoms with Gasteiger partial charge in [0.15, 0.2) is 0 Å². The van der Waals surface area contributed by atoms with Crippen LogP contribution in [0, 0.1) is 5.82 Å². The topological polar surface area (TPSA) is 35.5 Å². The van der Waals surface area contributed by atoms with Gasteiger partial charge in [-0.1, -0.05) is 0 Å². The van der Waals surface area contributed by atoms with E-state index in [-0.39, 0.29) is 0 Å². The Labute approximate surface area is 107 Å². The average Bonchev–Trinajstić information content (AvgIpc) is 2.11. The number of carbonyl (C=O) groups excluding carboxylic acids is 1. The minimum absolute atomic E-state index is 0.454. The van der Waals surface area contributed by atoms with Gasteiger partial charge in [-0.15, -0.1) is 13.2 Å². The molecule has 0 saturated carbocycles. The van der Waals surface area contributed by atoms with Gasteiger partial charge in [0, 0.05) is 6.07 Å². The maximum Gasteiger partial charge on any atom is 0.573 e. The second-order valence-corrected chi connectivity index (χ2v) is 4.69. The lowest BCUT2D eigenvalue weighted by molar-refractivity contribution is -0.274. The van der Waals surface area contributed by atoms with Crippen molar-refractivity contribution < 1.29 is 31.8 Å². The lowest BCUT2D eigenvalue weighted by atomic mass is 10.1. The SMILES string of the molecule is CC(C)(C)OC(=O)c1ccc(OC(F)(F)F)cc1F. The lowest BCUT2D eigenvalue weighted by Crippen LogP contribution is -2.24. The second-order valence-electron chi connectivity index (χ2n) is 4.69. The predicted molar refractivity (Wildman–Crippen MR) is 58.3 cm³/mol. The van der Waals surface area contributed by atoms with Gasteiger partial charge in [-0.2, -0.15) is 0 Å². The molecule has 0 bridgehead atoms. The number of carbonyl (C=O) groups is 1. The maximum absolute atomic E-state index is 13.5. The highest BCUT2D eigenvalue weighted by atomic mass is 19.4. The quantitative estimate of drug-likeness (QED) is 0.612. The van der Waals surface area contributed by atoms with Gasteiger partial charge in [0.1, 0.15) is 17.2 Å². The van der Waals surface area contributed by atoms with E-state index >= 15 is 0 Å². The molecule has 0 radical (unpaired) electrons. The summed E-state index contributed by atoms with van der Waals surface area (Å²) in [6.07, 6.45) is -4.92. The van der Waals surface area contributed by atoms with E-state index in [0.717, 1.165) is 12.1 Å². The second kappa shape index (κ2) is 5.07. The summed E-state index contributed by atoms with van der Waals surface area (Å²) in [6.45, 7) is 4.76. The fourth-order valence-corrected chi connectivity index (χ4v) is 1.19. The lowest BCUT2D eigenvalue weighted by Gasteiger charge is -2.19. The Bertz CT molecular complexity index is 475. The van der Waals surface area contributed by atoms with Crippen molar-refractivity contribution >= 4 is 5.97 Å². The minimum Gasteiger partial charge on any atom is -0.456 e. The van der Waals surface area contributed by atoms with Crippen LogP contribution in [0.5, 0.6) is 5.75 Å². The molecule has 0 aliphatic carbocycles. The van der Waals surface area contributed by atoms with E-state index in [0.29, 0.717) is 6.07 Å². The van der Waals surface area contributed by atoms with Crippen LogP contribution in [0.4, 0.5) is 17.6 Å². The van der Waals surface area contributed by atoms with Gasteiger partial charge in [-0.3, -0.25) is 0 Å². The van der Waals surface area contributed by atoms with Crippen LogP contribution in [-0.2, 0) is 4.74 Å². The Balaban J connectivity index is 2.92. The first-order valence-electron chi connectivity index (χ1n) is 5.26. The molecule has 0 aromatic heterocycles. The number of alkyl halides is 3. The molecule has 0 aliphatic heterocycles. The molecule has 0 spiro atoms. The summed E-state index contributed by atoms with van der Waals surface area (Å²) in [6, 6.07) is 2.20. The molecule has 0 N–H and O–H groups in total. The van der Waals surface area contributed by atoms with Gasteiger partial charge in [-0.25, -0.2) is 9.18 Å². The summed E-state index contributed by atoms with van der Waals surface area (Å²) in [5.41, 5.74) is -1.28. The van der Waals surface area contributed by atoms with Gasteiger partial charge >= 0.3 is 12.3 Å². The van der Waals surface area contributed by atoms with E-state index in [2.05, 4.69) is 4.74 Å². The molecule has 1 aromatic rings. The van der Waals surface area contributed by atoms with Crippen molar-refractivity contribution in [2.75, 3.05) is 0 Å². The van der Waals surface area contributed by atoms with Crippen LogP contribution in [0.15, 0.2) is 18.2 Å². The third kappa shape index (κ3) is 5.15. The molecular weight excluding hydrogens is 268 g/mol. The average molecular weight is 280 g/mol. The van der Waals surface area contributed by atoms with Gasteiger partial charge in [0.2, 0.25) is 0 Å². The first-order valence-corrected chi connectivity index (χ1v) is 5.26. The largest absolute Gasteiger partial charge is 0.573 e. The molecule has 0 aliphatic rings. The zero-order chi connectivity index (χ0) is 14.8. The first-order chi connectivity index (χ1) is 8.48. The third-order valence-corrected chi connectivity index (χ3v) is 1.79. The smallest absolute Gasteiger partial charge is 0.456 e. The molecule has 0 heterocycles. The number of halogens is 4. The van der Waals surface area contributed by atoms with Crippen LogP contribution in [0.3, 0.4) is 0 Å². The van der Waals surface area contributed by atoms with Gasteiger partial charge < -0.3 is 9.47 Å². The highest BCUT2D eigenvalue weighted by Gasteiger charge is 2.31. The Morgan fingerprint density at radius 3 is 2.16 bits per heavy atom. The molecule has 0 fully saturated rings. The summed E-state index contributed by atoms with van der Waals surface area (Å²) >= 11 is 0. The Hall–Kier alpha value is -1.79. The molecular formula is C12H12F4O3. The van der Waals surface area contributed by atoms with Gasteiger partial charge in [-0.05, 0) is 32.9 Å². The Morgan fingerprint density at radius 1 is 1.16 bits per heavy atom. The van der Waals surface area contributed by atoms with E-state index in [1.54, 1.807) is 20.8 Å². The highest BCUT2D eigenvalue weighted by molar-refractivity contribution is 5.90. The zero-order valence-electron chi connectivity index (χ0n) is 10.5. The van der Waals surface area contributed by atoms with Crippen molar-refractivity contribution in [3.8, 4) is 5.75 Å². The molecule has 1 rings (SSSR count). The minimum atomic E-state index is -4.92. The van der Waals surface area contributed by atoms with Gasteiger partial charge in [0.25, 0.3) is 0 Å². The van der Waals surface area contributed by atoms with Crippen molar-refractivity contribution in [3.63, 3.8) is 0 Å². The Kier molecular flexibility index (Phi) is 4.07. The normalized spacial score (nSPS) is 12.2. The molecule has 7 heteroatoms. The van der Waals surface area contributed by atoms with Gasteiger partial charge in [0.05, 0.1) is 5.56 Å². The van der Waals surface area contributed by atoms with Crippen molar-refractivity contribution in [2.45, 2.75) is 32.7 Å². The first kappa shape index (κ1) is 15.3. The number of hydrogen-bond acceptors (Lipinski definition) is 3. The highest BCUT2D eigenvalue weighted by Crippen LogP contribution is 2.25. The monoisotopic (exact) mass is 280 g/mol. The van der Waals surface area contributed by atoms with E-state index in [1.807, 2.05) is 0 Å². The molecule has 1 aromatic carbocycles. The standard InChI is InChI=1S/C12H12F4O3/c1-11(2,3)19-10(17)8-5-4-7(6-9(8)13)18-12(14,15)16/h4-6H,1-3H3. The van der Waals surface area contributed by atoms with E-state index in [4.69, 9.17) is 4.74 Å². The predicted octanol–water partition coefficient (Wildman–Crippen LogP) is 3.68. The molecule has 106 valence electrons. The van der Waals surface area contributed by atoms with E-state index in [1.165, 1.54) is 0 Å². The van der Waals surface area contributed by atoms with Crippen molar-refractivity contribution in [1.29, 1.82) is 0 Å². The van der Waals surface area contributed by atoms with Crippen molar-refractivity contribution in [2.24, 2.45) is 0 Å². The summed E-state index contributed by atoms with van der Waals surface area (Å²) in [5.74, 6) is -2.84. The third-order valence-electron chi connectivity index (χ3n) is 1.79. The number of rotatable bonds is 2. The fraction of sp³-hybridized carbons (Fsp3) is 0.417. The van der Waals surface area contributed by atoms with Crippen LogP contribution in [0.2, 0.25) is 0 Å². The number of hydrogen-bond donors (Lipinski definition) is 0. The number of benzene rings is 1. The van der Waals surface area contributed by atoms with Crippen LogP contribution < -0.4 is 4.74 Å². The zero-order valence-corrected chi connectivity index (χ0v) is 10.5. The van der Waals surface area contributed by atoms with Crippen molar-refractivity contribution in [3.05, 3.63) is 29.6 Å². The van der Waals surface area contributed by atoms with Crippen LogP contribution in [-0.4, -0.2) is 17.9 Å². The van der Waals surface area contributed by atoms with Crippen LogP contribution >= 0.6 is 0 Å². The summed E-state index contributed by atoms with van der Waals surface area (Å²) < 4.78 is 57.7. The van der Waals surface area contributed by atoms with E-state index < -0.39 is 35.1 Å². The summed E-state index contributed by atoms with van der Waals surface area (Å²) in [7, 11) is 0. The molecule has 0 unspecified atom stereocenters. The summed E-state index contributed by atoms with van der Waals surface area (Å²) in [4.78, 5) is 11.6. The molecule has 3 nitrogen and oxygen atoms in total. The molecule has 0 saturated heterocycles. The van der Waals surface area contributed by atoms with Crippen molar-refractivity contribution in [1.82, 2.24) is 0 Å². The van der Waals surface area contributed by atoms with Crippen LogP contribution in [0.1, 0.15) is 31.1 Å².